The van der Waals surface area contributed by atoms with E-state index in [-0.39, 0.29) is 22.6 Å². The first kappa shape index (κ1) is 25.1. The van der Waals surface area contributed by atoms with Crippen molar-refractivity contribution in [2.75, 3.05) is 13.1 Å². The van der Waals surface area contributed by atoms with Crippen LogP contribution in [0.2, 0.25) is 0 Å². The number of amides is 1. The highest BCUT2D eigenvalue weighted by atomic mass is 32.2. The highest BCUT2D eigenvalue weighted by molar-refractivity contribution is 7.89. The molecule has 1 fully saturated rings. The molecule has 0 radical (unpaired) electrons. The summed E-state index contributed by atoms with van der Waals surface area (Å²) in [6.07, 6.45) is 1.38. The molecule has 2 heterocycles. The zero-order chi connectivity index (χ0) is 25.2. The Bertz CT molecular complexity index is 1260. The van der Waals surface area contributed by atoms with E-state index in [2.05, 4.69) is 14.9 Å². The van der Waals surface area contributed by atoms with Crippen molar-refractivity contribution in [3.63, 3.8) is 0 Å². The van der Waals surface area contributed by atoms with Crippen molar-refractivity contribution in [2.45, 2.75) is 57.4 Å². The number of benzene rings is 2. The Labute approximate surface area is 206 Å². The summed E-state index contributed by atoms with van der Waals surface area (Å²) in [6.45, 7) is 8.62. The molecule has 2 aromatic carbocycles. The monoisotopic (exact) mass is 496 g/mol. The second kappa shape index (κ2) is 10.3. The molecule has 186 valence electrons. The molecule has 0 bridgehead atoms. The van der Waals surface area contributed by atoms with Crippen molar-refractivity contribution in [1.29, 1.82) is 0 Å². The van der Waals surface area contributed by atoms with Gasteiger partial charge in [0.2, 0.25) is 15.9 Å². The highest BCUT2D eigenvalue weighted by Crippen LogP contribution is 2.29. The number of hydrogen-bond acceptors (Lipinski definition) is 6. The van der Waals surface area contributed by atoms with Gasteiger partial charge in [0.1, 0.15) is 6.04 Å². The van der Waals surface area contributed by atoms with Gasteiger partial charge in [0.15, 0.2) is 5.82 Å². The van der Waals surface area contributed by atoms with Gasteiger partial charge in [0, 0.05) is 24.6 Å². The minimum absolute atomic E-state index is 0.0868. The lowest BCUT2D eigenvalue weighted by atomic mass is 9.94. The molecule has 0 saturated carbocycles. The standard InChI is InChI=1S/C26H32N4O4S/c1-17(2)23(29-35(32,33)22-11-7-19(4)8-12-22)26(31)30-15-13-20(14-16-30)24-27-25(34-28-24)21-9-5-18(3)6-10-21/h5-12,17,20,23,29H,13-16H2,1-4H3/t23-/m1/s1. The summed E-state index contributed by atoms with van der Waals surface area (Å²) >= 11 is 0. The Morgan fingerprint density at radius 2 is 1.57 bits per heavy atom. The van der Waals surface area contributed by atoms with E-state index >= 15 is 0 Å². The van der Waals surface area contributed by atoms with Crippen LogP contribution in [0, 0.1) is 19.8 Å². The van der Waals surface area contributed by atoms with Gasteiger partial charge in [-0.3, -0.25) is 4.79 Å². The van der Waals surface area contributed by atoms with Crippen molar-refractivity contribution in [3.05, 3.63) is 65.5 Å². The number of carbonyl (C=O) groups excluding carboxylic acids is 1. The van der Waals surface area contributed by atoms with E-state index in [1.165, 1.54) is 0 Å². The third-order valence-corrected chi connectivity index (χ3v) is 7.92. The summed E-state index contributed by atoms with van der Waals surface area (Å²) in [5, 5.41) is 4.18. The molecule has 1 atom stereocenters. The molecule has 1 N–H and O–H groups in total. The zero-order valence-corrected chi connectivity index (χ0v) is 21.4. The molecule has 1 saturated heterocycles. The van der Waals surface area contributed by atoms with E-state index in [9.17, 15) is 13.2 Å². The van der Waals surface area contributed by atoms with Crippen molar-refractivity contribution < 1.29 is 17.7 Å². The number of nitrogens with one attached hydrogen (secondary N) is 1. The molecular formula is C26H32N4O4S. The van der Waals surface area contributed by atoms with Gasteiger partial charge in [-0.05, 0) is 56.9 Å². The lowest BCUT2D eigenvalue weighted by Crippen LogP contribution is -2.52. The number of piperidine rings is 1. The smallest absolute Gasteiger partial charge is 0.257 e. The molecule has 0 unspecified atom stereocenters. The van der Waals surface area contributed by atoms with Crippen molar-refractivity contribution >= 4 is 15.9 Å². The molecule has 0 spiro atoms. The topological polar surface area (TPSA) is 105 Å². The number of sulfonamides is 1. The summed E-state index contributed by atoms with van der Waals surface area (Å²) in [6, 6.07) is 13.7. The Hall–Kier alpha value is -3.04. The van der Waals surface area contributed by atoms with Crippen LogP contribution in [0.3, 0.4) is 0 Å². The normalized spacial score (nSPS) is 16.0. The van der Waals surface area contributed by atoms with Crippen LogP contribution >= 0.6 is 0 Å². The van der Waals surface area contributed by atoms with Crippen LogP contribution in [-0.2, 0) is 14.8 Å². The number of carbonyl (C=O) groups is 1. The first-order valence-electron chi connectivity index (χ1n) is 11.9. The Balaban J connectivity index is 1.40. The van der Waals surface area contributed by atoms with E-state index in [1.807, 2.05) is 52.0 Å². The highest BCUT2D eigenvalue weighted by Gasteiger charge is 2.34. The molecular weight excluding hydrogens is 464 g/mol. The van der Waals surface area contributed by atoms with Crippen LogP contribution in [0.5, 0.6) is 0 Å². The van der Waals surface area contributed by atoms with E-state index in [1.54, 1.807) is 29.2 Å². The first-order chi connectivity index (χ1) is 16.6. The van der Waals surface area contributed by atoms with E-state index in [0.717, 1.165) is 16.7 Å². The molecule has 9 heteroatoms. The Kier molecular flexibility index (Phi) is 7.37. The maximum Gasteiger partial charge on any atom is 0.257 e. The van der Waals surface area contributed by atoms with Crippen LogP contribution < -0.4 is 4.72 Å². The molecule has 1 aromatic heterocycles. The molecule has 4 rings (SSSR count). The maximum atomic E-state index is 13.3. The van der Waals surface area contributed by atoms with Gasteiger partial charge in [0.25, 0.3) is 5.89 Å². The Morgan fingerprint density at radius 3 is 2.14 bits per heavy atom. The summed E-state index contributed by atoms with van der Waals surface area (Å²) in [5.74, 6) is 0.818. The van der Waals surface area contributed by atoms with Gasteiger partial charge >= 0.3 is 0 Å². The van der Waals surface area contributed by atoms with Crippen LogP contribution in [0.4, 0.5) is 0 Å². The number of aryl methyl sites for hydroxylation is 2. The third kappa shape index (κ3) is 5.79. The maximum absolute atomic E-state index is 13.3. The number of hydrogen-bond donors (Lipinski definition) is 1. The number of aromatic nitrogens is 2. The lowest BCUT2D eigenvalue weighted by molar-refractivity contribution is -0.135. The van der Waals surface area contributed by atoms with Crippen LogP contribution in [0.25, 0.3) is 11.5 Å². The third-order valence-electron chi connectivity index (χ3n) is 6.46. The molecule has 1 aliphatic heterocycles. The van der Waals surface area contributed by atoms with Gasteiger partial charge in [0.05, 0.1) is 4.90 Å². The molecule has 8 nitrogen and oxygen atoms in total. The minimum Gasteiger partial charge on any atom is -0.341 e. The average molecular weight is 497 g/mol. The summed E-state index contributed by atoms with van der Waals surface area (Å²) in [5.41, 5.74) is 3.00. The van der Waals surface area contributed by atoms with Crippen LogP contribution in [0.1, 0.15) is 49.6 Å². The SMILES string of the molecule is Cc1ccc(-c2nc(C3CCN(C(=O)[C@H](NS(=O)(=O)c4ccc(C)cc4)C(C)C)CC3)no2)cc1. The van der Waals surface area contributed by atoms with E-state index in [0.29, 0.717) is 37.6 Å². The van der Waals surface area contributed by atoms with Gasteiger partial charge in [-0.1, -0.05) is 54.4 Å². The number of nitrogens with zero attached hydrogens (tertiary/aromatic N) is 3. The first-order valence-corrected chi connectivity index (χ1v) is 13.4. The summed E-state index contributed by atoms with van der Waals surface area (Å²) in [7, 11) is -3.81. The van der Waals surface area contributed by atoms with E-state index < -0.39 is 16.1 Å². The van der Waals surface area contributed by atoms with Crippen LogP contribution in [-0.4, -0.2) is 48.5 Å². The zero-order valence-electron chi connectivity index (χ0n) is 20.6. The molecule has 1 amide bonds. The number of likely N-dealkylation sites (tertiary alicyclic amines) is 1. The fourth-order valence-corrected chi connectivity index (χ4v) is 5.53. The summed E-state index contributed by atoms with van der Waals surface area (Å²) in [4.78, 5) is 19.8. The minimum atomic E-state index is -3.81. The van der Waals surface area contributed by atoms with Gasteiger partial charge in [-0.2, -0.15) is 9.71 Å². The fourth-order valence-electron chi connectivity index (χ4n) is 4.19. The Morgan fingerprint density at radius 1 is 1.00 bits per heavy atom. The fraction of sp³-hybridized carbons (Fsp3) is 0.423. The summed E-state index contributed by atoms with van der Waals surface area (Å²) < 4.78 is 33.9. The average Bonchev–Trinajstić information content (AvgIpc) is 3.33. The molecule has 35 heavy (non-hydrogen) atoms. The molecule has 3 aromatic rings. The second-order valence-electron chi connectivity index (χ2n) is 9.58. The van der Waals surface area contributed by atoms with Gasteiger partial charge in [-0.15, -0.1) is 0 Å². The number of rotatable bonds is 7. The van der Waals surface area contributed by atoms with Crippen molar-refractivity contribution in [1.82, 2.24) is 19.8 Å². The van der Waals surface area contributed by atoms with Crippen LogP contribution in [0.15, 0.2) is 57.9 Å². The molecule has 1 aliphatic rings. The van der Waals surface area contributed by atoms with Crippen molar-refractivity contribution in [3.8, 4) is 11.5 Å². The lowest BCUT2D eigenvalue weighted by Gasteiger charge is -2.34. The second-order valence-corrected chi connectivity index (χ2v) is 11.3. The predicted molar refractivity (Wildman–Crippen MR) is 133 cm³/mol. The largest absolute Gasteiger partial charge is 0.341 e. The molecule has 0 aliphatic carbocycles. The van der Waals surface area contributed by atoms with E-state index in [4.69, 9.17) is 4.52 Å². The quantitative estimate of drug-likeness (QED) is 0.529. The van der Waals surface area contributed by atoms with Crippen molar-refractivity contribution in [2.24, 2.45) is 5.92 Å². The van der Waals surface area contributed by atoms with Gasteiger partial charge < -0.3 is 9.42 Å². The predicted octanol–water partition coefficient (Wildman–Crippen LogP) is 4.06. The van der Waals surface area contributed by atoms with Gasteiger partial charge in [-0.25, -0.2) is 8.42 Å².